The van der Waals surface area contributed by atoms with Crippen molar-refractivity contribution in [2.45, 2.75) is 19.9 Å². The van der Waals surface area contributed by atoms with Gasteiger partial charge in [-0.3, -0.25) is 10.1 Å². The van der Waals surface area contributed by atoms with Crippen LogP contribution in [0.5, 0.6) is 0 Å². The molecule has 7 heteroatoms. The van der Waals surface area contributed by atoms with Crippen LogP contribution in [-0.4, -0.2) is 23.7 Å². The summed E-state index contributed by atoms with van der Waals surface area (Å²) in [5, 5.41) is 5.38. The summed E-state index contributed by atoms with van der Waals surface area (Å²) in [5.41, 5.74) is 1.67. The molecule has 0 fully saturated rings. The van der Waals surface area contributed by atoms with Crippen LogP contribution in [0, 0.1) is 0 Å². The van der Waals surface area contributed by atoms with E-state index in [0.29, 0.717) is 17.1 Å². The molecule has 0 aliphatic rings. The maximum atomic E-state index is 12.5. The van der Waals surface area contributed by atoms with E-state index in [9.17, 15) is 9.59 Å². The number of nitrogens with zero attached hydrogens (tertiary/aromatic N) is 1. The summed E-state index contributed by atoms with van der Waals surface area (Å²) in [6, 6.07) is 8.78. The lowest BCUT2D eigenvalue weighted by atomic mass is 10.2. The van der Waals surface area contributed by atoms with Crippen molar-refractivity contribution in [2.75, 3.05) is 17.7 Å². The molecule has 1 aromatic heterocycles. The zero-order valence-electron chi connectivity index (χ0n) is 13.1. The monoisotopic (exact) mass is 379 g/mol. The number of nitrogens with one attached hydrogen (secondary N) is 2. The average Bonchev–Trinajstić information content (AvgIpc) is 2.90. The standard InChI is InChI=1S/C16H18BrN3O3/c1-10(2)20-9-11(17)7-14(20)15(21)18-12-5-4-6-13(8-12)19-16(22)23-3/h4-10H,1-3H3,(H,18,21)(H,19,22). The fraction of sp³-hybridized carbons (Fsp3) is 0.250. The summed E-state index contributed by atoms with van der Waals surface area (Å²) in [6.07, 6.45) is 1.31. The SMILES string of the molecule is COC(=O)Nc1cccc(NC(=O)c2cc(Br)cn2C(C)C)c1. The summed E-state index contributed by atoms with van der Waals surface area (Å²) in [5.74, 6) is -0.223. The van der Waals surface area contributed by atoms with Crippen LogP contribution in [0.4, 0.5) is 16.2 Å². The summed E-state index contributed by atoms with van der Waals surface area (Å²) in [4.78, 5) is 23.7. The van der Waals surface area contributed by atoms with Gasteiger partial charge in [0.25, 0.3) is 5.91 Å². The van der Waals surface area contributed by atoms with Gasteiger partial charge in [0.1, 0.15) is 5.69 Å². The van der Waals surface area contributed by atoms with Gasteiger partial charge in [-0.05, 0) is 54.0 Å². The zero-order chi connectivity index (χ0) is 17.0. The van der Waals surface area contributed by atoms with E-state index >= 15 is 0 Å². The molecular formula is C16H18BrN3O3. The quantitative estimate of drug-likeness (QED) is 0.833. The van der Waals surface area contributed by atoms with E-state index in [0.717, 1.165) is 4.47 Å². The molecule has 0 saturated heterocycles. The lowest BCUT2D eigenvalue weighted by molar-refractivity contribution is 0.101. The van der Waals surface area contributed by atoms with Crippen molar-refractivity contribution < 1.29 is 14.3 Å². The Hall–Kier alpha value is -2.28. The van der Waals surface area contributed by atoms with Crippen LogP contribution in [0.3, 0.4) is 0 Å². The highest BCUT2D eigenvalue weighted by atomic mass is 79.9. The van der Waals surface area contributed by atoms with E-state index in [1.54, 1.807) is 30.3 Å². The first-order valence-corrected chi connectivity index (χ1v) is 7.83. The van der Waals surface area contributed by atoms with Gasteiger partial charge in [0.15, 0.2) is 0 Å². The Balaban J connectivity index is 2.17. The molecule has 0 aliphatic heterocycles. The molecule has 2 rings (SSSR count). The number of aromatic nitrogens is 1. The van der Waals surface area contributed by atoms with Crippen LogP contribution < -0.4 is 10.6 Å². The van der Waals surface area contributed by atoms with Gasteiger partial charge in [0.2, 0.25) is 0 Å². The third-order valence-corrected chi connectivity index (χ3v) is 3.59. The van der Waals surface area contributed by atoms with Crippen LogP contribution in [0.25, 0.3) is 0 Å². The van der Waals surface area contributed by atoms with Gasteiger partial charge in [-0.25, -0.2) is 4.79 Å². The first-order chi connectivity index (χ1) is 10.9. The minimum atomic E-state index is -0.564. The van der Waals surface area contributed by atoms with Gasteiger partial charge in [-0.2, -0.15) is 0 Å². The Morgan fingerprint density at radius 2 is 1.83 bits per heavy atom. The molecule has 0 aliphatic carbocycles. The number of methoxy groups -OCH3 is 1. The molecule has 2 aromatic rings. The summed E-state index contributed by atoms with van der Waals surface area (Å²) >= 11 is 3.39. The van der Waals surface area contributed by atoms with E-state index in [1.807, 2.05) is 24.6 Å². The van der Waals surface area contributed by atoms with Gasteiger partial charge in [0.05, 0.1) is 7.11 Å². The van der Waals surface area contributed by atoms with E-state index in [-0.39, 0.29) is 11.9 Å². The fourth-order valence-electron chi connectivity index (χ4n) is 2.09. The van der Waals surface area contributed by atoms with Crippen LogP contribution >= 0.6 is 15.9 Å². The molecule has 0 saturated carbocycles. The molecule has 0 bridgehead atoms. The normalized spacial score (nSPS) is 10.5. The van der Waals surface area contributed by atoms with E-state index in [4.69, 9.17) is 0 Å². The smallest absolute Gasteiger partial charge is 0.411 e. The molecule has 2 amide bonds. The molecule has 1 heterocycles. The molecule has 2 N–H and O–H groups in total. The molecule has 0 radical (unpaired) electrons. The van der Waals surface area contributed by atoms with Gasteiger partial charge in [0, 0.05) is 28.1 Å². The minimum absolute atomic E-state index is 0.161. The number of halogens is 1. The predicted octanol–water partition coefficient (Wildman–Crippen LogP) is 4.26. The lowest BCUT2D eigenvalue weighted by Crippen LogP contribution is -2.18. The van der Waals surface area contributed by atoms with Gasteiger partial charge >= 0.3 is 6.09 Å². The second-order valence-corrected chi connectivity index (χ2v) is 6.11. The molecule has 122 valence electrons. The maximum absolute atomic E-state index is 12.5. The molecular weight excluding hydrogens is 362 g/mol. The topological polar surface area (TPSA) is 72.4 Å². The van der Waals surface area contributed by atoms with Crippen molar-refractivity contribution >= 4 is 39.3 Å². The van der Waals surface area contributed by atoms with Crippen LogP contribution in [-0.2, 0) is 4.74 Å². The van der Waals surface area contributed by atoms with Crippen LogP contribution in [0.15, 0.2) is 41.0 Å². The number of hydrogen-bond donors (Lipinski definition) is 2. The largest absolute Gasteiger partial charge is 0.453 e. The molecule has 1 aromatic carbocycles. The number of amides is 2. The molecule has 0 spiro atoms. The Morgan fingerprint density at radius 3 is 2.43 bits per heavy atom. The maximum Gasteiger partial charge on any atom is 0.411 e. The van der Waals surface area contributed by atoms with Gasteiger partial charge in [-0.15, -0.1) is 0 Å². The third kappa shape index (κ3) is 4.35. The lowest BCUT2D eigenvalue weighted by Gasteiger charge is -2.13. The van der Waals surface area contributed by atoms with Crippen molar-refractivity contribution in [1.82, 2.24) is 4.57 Å². The van der Waals surface area contributed by atoms with E-state index < -0.39 is 6.09 Å². The number of anilines is 2. The average molecular weight is 380 g/mol. The summed E-state index contributed by atoms with van der Waals surface area (Å²) in [7, 11) is 1.29. The highest BCUT2D eigenvalue weighted by Gasteiger charge is 2.15. The van der Waals surface area contributed by atoms with Crippen molar-refractivity contribution in [2.24, 2.45) is 0 Å². The Bertz CT molecular complexity index is 725. The van der Waals surface area contributed by atoms with Crippen LogP contribution in [0.1, 0.15) is 30.4 Å². The van der Waals surface area contributed by atoms with Gasteiger partial charge < -0.3 is 14.6 Å². The second-order valence-electron chi connectivity index (χ2n) is 5.20. The van der Waals surface area contributed by atoms with Crippen LogP contribution in [0.2, 0.25) is 0 Å². The second kappa shape index (κ2) is 7.32. The molecule has 0 unspecified atom stereocenters. The predicted molar refractivity (Wildman–Crippen MR) is 92.9 cm³/mol. The Labute approximate surface area is 143 Å². The first kappa shape index (κ1) is 17.1. The minimum Gasteiger partial charge on any atom is -0.453 e. The van der Waals surface area contributed by atoms with Crippen molar-refractivity contribution in [1.29, 1.82) is 0 Å². The molecule has 6 nitrogen and oxygen atoms in total. The number of carbonyl (C=O) groups excluding carboxylic acids is 2. The van der Waals surface area contributed by atoms with Crippen molar-refractivity contribution in [3.63, 3.8) is 0 Å². The first-order valence-electron chi connectivity index (χ1n) is 7.04. The molecule has 23 heavy (non-hydrogen) atoms. The zero-order valence-corrected chi connectivity index (χ0v) is 14.7. The Morgan fingerprint density at radius 1 is 1.17 bits per heavy atom. The van der Waals surface area contributed by atoms with E-state index in [1.165, 1.54) is 7.11 Å². The highest BCUT2D eigenvalue weighted by Crippen LogP contribution is 2.21. The number of ether oxygens (including phenoxy) is 1. The third-order valence-electron chi connectivity index (χ3n) is 3.16. The fourth-order valence-corrected chi connectivity index (χ4v) is 2.53. The van der Waals surface area contributed by atoms with E-state index in [2.05, 4.69) is 31.3 Å². The number of hydrogen-bond acceptors (Lipinski definition) is 3. The summed E-state index contributed by atoms with van der Waals surface area (Å²) < 4.78 is 7.27. The highest BCUT2D eigenvalue weighted by molar-refractivity contribution is 9.10. The number of benzene rings is 1. The number of carbonyl (C=O) groups is 2. The summed E-state index contributed by atoms with van der Waals surface area (Å²) in [6.45, 7) is 4.01. The van der Waals surface area contributed by atoms with Gasteiger partial charge in [-0.1, -0.05) is 6.07 Å². The molecule has 0 atom stereocenters. The number of rotatable bonds is 4. The van der Waals surface area contributed by atoms with Crippen molar-refractivity contribution in [3.8, 4) is 0 Å². The Kier molecular flexibility index (Phi) is 5.44. The van der Waals surface area contributed by atoms with Crippen molar-refractivity contribution in [3.05, 3.63) is 46.7 Å².